The van der Waals surface area contributed by atoms with Crippen molar-refractivity contribution in [2.24, 2.45) is 4.99 Å². The molecule has 0 unspecified atom stereocenters. The van der Waals surface area contributed by atoms with E-state index in [4.69, 9.17) is 42.1 Å². The Morgan fingerprint density at radius 2 is 1.35 bits per heavy atom. The number of hydrogen-bond donors (Lipinski definition) is 0. The quantitative estimate of drug-likeness (QED) is 0.0924. The standard InChI is InChI=1S/C50H56Br2Cl2N2O3Si/c1-31-24-25-32(2)56(31)30-42(55-47-40(53)21-15-22-41(47)54)44(27-26-33-16-11-14-23-43(33)57-6)58-48-38(51)28-34-17-9-12-19-36(34)45(48)46-37-20-13-10-18-35(37)29-39(52)49(46)59-60(7,8)50(3,4)5/h11,14-16,21-29,44H,9-10,12-13,17-20,30H2,1-8H3/b27-26+,55-42+/t44-/m0/s1. The van der Waals surface area contributed by atoms with E-state index in [1.54, 1.807) is 7.11 Å². The third-order valence-electron chi connectivity index (χ3n) is 12.6. The van der Waals surface area contributed by atoms with Crippen molar-refractivity contribution in [3.05, 3.63) is 131 Å². The van der Waals surface area contributed by atoms with Gasteiger partial charge in [0.05, 0.1) is 38.4 Å². The molecule has 0 spiro atoms. The molecule has 0 amide bonds. The number of para-hydroxylation sites is 2. The van der Waals surface area contributed by atoms with Gasteiger partial charge in [0, 0.05) is 28.1 Å². The maximum Gasteiger partial charge on any atom is 0.250 e. The highest BCUT2D eigenvalue weighted by Gasteiger charge is 2.41. The molecule has 316 valence electrons. The molecule has 60 heavy (non-hydrogen) atoms. The molecule has 5 nitrogen and oxygen atoms in total. The Morgan fingerprint density at radius 3 is 1.93 bits per heavy atom. The van der Waals surface area contributed by atoms with Gasteiger partial charge in [-0.15, -0.1) is 0 Å². The largest absolute Gasteiger partial charge is 0.542 e. The Hall–Kier alpha value is -3.27. The molecule has 1 heterocycles. The number of halogens is 4. The van der Waals surface area contributed by atoms with Crippen LogP contribution in [0.3, 0.4) is 0 Å². The van der Waals surface area contributed by atoms with E-state index in [9.17, 15) is 0 Å². The lowest BCUT2D eigenvalue weighted by molar-refractivity contribution is 0.308. The minimum absolute atomic E-state index is 0.00982. The van der Waals surface area contributed by atoms with Crippen molar-refractivity contribution < 1.29 is 13.9 Å². The molecule has 1 aromatic heterocycles. The maximum atomic E-state index is 7.65. The lowest BCUT2D eigenvalue weighted by Gasteiger charge is -2.39. The van der Waals surface area contributed by atoms with Crippen LogP contribution in [0.2, 0.25) is 28.2 Å². The first-order valence-electron chi connectivity index (χ1n) is 21.1. The number of ether oxygens (including phenoxy) is 2. The van der Waals surface area contributed by atoms with Gasteiger partial charge in [-0.2, -0.15) is 0 Å². The van der Waals surface area contributed by atoms with E-state index in [2.05, 4.69) is 121 Å². The second kappa shape index (κ2) is 18.6. The monoisotopic (exact) mass is 988 g/mol. The first-order valence-corrected chi connectivity index (χ1v) is 26.3. The van der Waals surface area contributed by atoms with Crippen molar-refractivity contribution in [2.75, 3.05) is 7.11 Å². The summed E-state index contributed by atoms with van der Waals surface area (Å²) in [5.41, 5.74) is 12.1. The van der Waals surface area contributed by atoms with Gasteiger partial charge in [0.15, 0.2) is 6.10 Å². The fourth-order valence-corrected chi connectivity index (χ4v) is 11.0. The molecule has 4 aromatic carbocycles. The van der Waals surface area contributed by atoms with Crippen LogP contribution in [0.5, 0.6) is 17.2 Å². The molecule has 0 radical (unpaired) electrons. The summed E-state index contributed by atoms with van der Waals surface area (Å²) >= 11 is 22.0. The summed E-state index contributed by atoms with van der Waals surface area (Å²) in [6.45, 7) is 16.3. The third-order valence-corrected chi connectivity index (χ3v) is 18.7. The van der Waals surface area contributed by atoms with Crippen LogP contribution in [0.1, 0.15) is 85.7 Å². The minimum Gasteiger partial charge on any atom is -0.542 e. The number of rotatable bonds is 12. The third kappa shape index (κ3) is 9.39. The van der Waals surface area contributed by atoms with E-state index in [0.717, 1.165) is 105 Å². The molecule has 7 rings (SSSR count). The first kappa shape index (κ1) is 44.8. The summed E-state index contributed by atoms with van der Waals surface area (Å²) < 4.78 is 25.1. The number of aryl methyl sites for hydroxylation is 4. The van der Waals surface area contributed by atoms with Gasteiger partial charge >= 0.3 is 0 Å². The number of fused-ring (bicyclic) bond motifs is 2. The average molecular weight is 992 g/mol. The smallest absolute Gasteiger partial charge is 0.250 e. The molecule has 0 bridgehead atoms. The molecule has 2 aliphatic rings. The zero-order chi connectivity index (χ0) is 42.9. The summed E-state index contributed by atoms with van der Waals surface area (Å²) in [6, 6.07) is 22.4. The zero-order valence-corrected chi connectivity index (χ0v) is 41.8. The molecule has 0 saturated carbocycles. The Labute approximate surface area is 384 Å². The highest BCUT2D eigenvalue weighted by molar-refractivity contribution is 9.11. The van der Waals surface area contributed by atoms with E-state index < -0.39 is 14.4 Å². The number of benzene rings is 4. The van der Waals surface area contributed by atoms with E-state index >= 15 is 0 Å². The minimum atomic E-state index is -2.32. The number of nitrogens with zero attached hydrogens (tertiary/aromatic N) is 2. The molecule has 1 atom stereocenters. The average Bonchev–Trinajstić information content (AvgIpc) is 3.53. The molecule has 0 fully saturated rings. The number of aromatic nitrogens is 1. The molecular formula is C50H56Br2Cl2N2O3Si. The van der Waals surface area contributed by atoms with E-state index in [-0.39, 0.29) is 5.04 Å². The van der Waals surface area contributed by atoms with Crippen molar-refractivity contribution in [1.82, 2.24) is 4.57 Å². The van der Waals surface area contributed by atoms with Crippen LogP contribution in [-0.4, -0.2) is 31.8 Å². The van der Waals surface area contributed by atoms with Gasteiger partial charge in [0.25, 0.3) is 8.32 Å². The Morgan fingerprint density at radius 1 is 0.800 bits per heavy atom. The van der Waals surface area contributed by atoms with Crippen LogP contribution >= 0.6 is 55.1 Å². The lowest BCUT2D eigenvalue weighted by Crippen LogP contribution is -2.44. The summed E-state index contributed by atoms with van der Waals surface area (Å²) in [5, 5.41) is 0.930. The van der Waals surface area contributed by atoms with E-state index in [1.807, 2.05) is 42.5 Å². The van der Waals surface area contributed by atoms with Gasteiger partial charge in [-0.25, -0.2) is 4.99 Å². The van der Waals surface area contributed by atoms with Gasteiger partial charge in [-0.3, -0.25) is 0 Å². The van der Waals surface area contributed by atoms with Crippen molar-refractivity contribution in [2.45, 2.75) is 117 Å². The number of hydrogen-bond acceptors (Lipinski definition) is 4. The summed E-state index contributed by atoms with van der Waals surface area (Å²) in [5.74, 6) is 2.46. The van der Waals surface area contributed by atoms with Gasteiger partial charge in [-0.1, -0.05) is 74.3 Å². The lowest BCUT2D eigenvalue weighted by atomic mass is 9.80. The van der Waals surface area contributed by atoms with Gasteiger partial charge < -0.3 is 18.5 Å². The molecule has 0 aliphatic heterocycles. The SMILES string of the molecule is COc1ccccc1/C=C/[C@H](Oc1c(Br)cc2c(c1-c1c3c(cc(Br)c1O[Si](C)(C)C(C)(C)C)CCCC3)CCCC2)/C(Cn1c(C)ccc1C)=N/c1c(Cl)cccc1Cl. The van der Waals surface area contributed by atoms with Crippen LogP contribution in [0, 0.1) is 13.8 Å². The summed E-state index contributed by atoms with van der Waals surface area (Å²) in [4.78, 5) is 5.35. The number of methoxy groups -OCH3 is 1. The Bertz CT molecular complexity index is 2430. The fourth-order valence-electron chi connectivity index (χ4n) is 8.23. The normalized spacial score (nSPS) is 15.2. The Balaban J connectivity index is 1.53. The summed E-state index contributed by atoms with van der Waals surface area (Å²) in [6.07, 6.45) is 12.0. The Kier molecular flexibility index (Phi) is 13.9. The van der Waals surface area contributed by atoms with E-state index in [1.165, 1.54) is 28.7 Å². The van der Waals surface area contributed by atoms with Gasteiger partial charge in [0.2, 0.25) is 0 Å². The van der Waals surface area contributed by atoms with Crippen molar-refractivity contribution in [1.29, 1.82) is 0 Å². The summed E-state index contributed by atoms with van der Waals surface area (Å²) in [7, 11) is -0.619. The predicted molar refractivity (Wildman–Crippen MR) is 262 cm³/mol. The van der Waals surface area contributed by atoms with Crippen molar-refractivity contribution >= 4 is 80.9 Å². The van der Waals surface area contributed by atoms with E-state index in [0.29, 0.717) is 22.3 Å². The maximum absolute atomic E-state index is 7.65. The van der Waals surface area contributed by atoms with Crippen LogP contribution in [0.15, 0.2) is 86.7 Å². The van der Waals surface area contributed by atoms with Crippen molar-refractivity contribution in [3.8, 4) is 28.4 Å². The first-order chi connectivity index (χ1) is 28.6. The van der Waals surface area contributed by atoms with Gasteiger partial charge in [0.1, 0.15) is 22.9 Å². The molecule has 10 heteroatoms. The second-order valence-electron chi connectivity index (χ2n) is 17.7. The van der Waals surface area contributed by atoms with Crippen LogP contribution in [0.25, 0.3) is 17.2 Å². The molecule has 0 saturated heterocycles. The molecular weight excluding hydrogens is 935 g/mol. The van der Waals surface area contributed by atoms with Crippen LogP contribution in [0.4, 0.5) is 5.69 Å². The topological polar surface area (TPSA) is 45.0 Å². The second-order valence-corrected chi connectivity index (χ2v) is 24.9. The fraction of sp³-hybridized carbons (Fsp3) is 0.380. The zero-order valence-electron chi connectivity index (χ0n) is 36.1. The predicted octanol–water partition coefficient (Wildman–Crippen LogP) is 15.7. The molecule has 5 aromatic rings. The molecule has 2 aliphatic carbocycles. The molecule has 0 N–H and O–H groups in total. The van der Waals surface area contributed by atoms with Crippen LogP contribution < -0.4 is 13.9 Å². The number of aliphatic imine (C=N–C) groups is 1. The van der Waals surface area contributed by atoms with Gasteiger partial charge in [-0.05, 0) is 186 Å². The van der Waals surface area contributed by atoms with Crippen molar-refractivity contribution in [3.63, 3.8) is 0 Å². The highest BCUT2D eigenvalue weighted by atomic mass is 79.9. The highest BCUT2D eigenvalue weighted by Crippen LogP contribution is 2.53. The van der Waals surface area contributed by atoms with Crippen LogP contribution in [-0.2, 0) is 32.2 Å².